The van der Waals surface area contributed by atoms with Gasteiger partial charge in [-0.25, -0.2) is 13.6 Å². The number of hydrogen-bond acceptors (Lipinski definition) is 3. The van der Waals surface area contributed by atoms with Crippen LogP contribution < -0.4 is 4.74 Å². The molecule has 1 amide bonds. The minimum absolute atomic E-state index is 0.108. The lowest BCUT2D eigenvalue weighted by Gasteiger charge is -2.32. The maximum Gasteiger partial charge on any atom is 0.335 e. The maximum absolute atomic E-state index is 14.0. The van der Waals surface area contributed by atoms with Crippen molar-refractivity contribution in [3.05, 3.63) is 65.2 Å². The molecule has 0 unspecified atom stereocenters. The van der Waals surface area contributed by atoms with E-state index in [1.807, 2.05) is 0 Å². The molecule has 0 radical (unpaired) electrons. The van der Waals surface area contributed by atoms with Crippen LogP contribution >= 0.6 is 0 Å². The minimum atomic E-state index is -1.25. The number of halogens is 2. The zero-order chi connectivity index (χ0) is 18.7. The van der Waals surface area contributed by atoms with Gasteiger partial charge in [-0.1, -0.05) is 0 Å². The predicted molar refractivity (Wildman–Crippen MR) is 89.3 cm³/mol. The summed E-state index contributed by atoms with van der Waals surface area (Å²) in [6.07, 6.45) is 1.03. The Kier molecular flexibility index (Phi) is 5.16. The molecule has 2 aromatic rings. The Morgan fingerprint density at radius 1 is 1.04 bits per heavy atom. The van der Waals surface area contributed by atoms with Crippen molar-refractivity contribution in [1.29, 1.82) is 0 Å². The Hall–Kier alpha value is -2.96. The van der Waals surface area contributed by atoms with Gasteiger partial charge in [0, 0.05) is 25.9 Å². The van der Waals surface area contributed by atoms with Crippen molar-refractivity contribution in [2.45, 2.75) is 18.9 Å². The summed E-state index contributed by atoms with van der Waals surface area (Å²) in [5.74, 6) is -2.35. The lowest BCUT2D eigenvalue weighted by atomic mass is 10.0. The fourth-order valence-corrected chi connectivity index (χ4v) is 2.87. The molecule has 0 aliphatic carbocycles. The second kappa shape index (κ2) is 7.51. The van der Waals surface area contributed by atoms with E-state index in [1.165, 1.54) is 29.2 Å². The smallest absolute Gasteiger partial charge is 0.335 e. The van der Waals surface area contributed by atoms with Crippen molar-refractivity contribution in [3.8, 4) is 5.75 Å². The molecule has 0 bridgehead atoms. The van der Waals surface area contributed by atoms with Gasteiger partial charge in [-0.05, 0) is 42.5 Å². The number of hydrogen-bond donors (Lipinski definition) is 1. The first-order chi connectivity index (χ1) is 12.4. The van der Waals surface area contributed by atoms with E-state index >= 15 is 0 Å². The summed E-state index contributed by atoms with van der Waals surface area (Å²) in [5.41, 5.74) is -0.349. The van der Waals surface area contributed by atoms with Crippen LogP contribution in [-0.4, -0.2) is 41.1 Å². The summed E-state index contributed by atoms with van der Waals surface area (Å²) in [6.45, 7) is 0.787. The number of carbonyl (C=O) groups is 2. The lowest BCUT2D eigenvalue weighted by molar-refractivity contribution is 0.0589. The second-order valence-electron chi connectivity index (χ2n) is 6.06. The normalized spacial score (nSPS) is 14.9. The first-order valence-electron chi connectivity index (χ1n) is 8.18. The Balaban J connectivity index is 1.60. The van der Waals surface area contributed by atoms with E-state index in [2.05, 4.69) is 0 Å². The highest BCUT2D eigenvalue weighted by atomic mass is 19.1. The minimum Gasteiger partial charge on any atom is -0.490 e. The van der Waals surface area contributed by atoms with Crippen molar-refractivity contribution < 1.29 is 28.2 Å². The molecule has 1 N–H and O–H groups in total. The van der Waals surface area contributed by atoms with Gasteiger partial charge in [-0.15, -0.1) is 0 Å². The van der Waals surface area contributed by atoms with Gasteiger partial charge in [0.05, 0.1) is 11.1 Å². The topological polar surface area (TPSA) is 66.8 Å². The van der Waals surface area contributed by atoms with Crippen LogP contribution in [-0.2, 0) is 0 Å². The number of carboxylic acids is 1. The third kappa shape index (κ3) is 3.99. The van der Waals surface area contributed by atoms with Crippen molar-refractivity contribution >= 4 is 11.9 Å². The number of amides is 1. The number of benzene rings is 2. The molecule has 0 atom stereocenters. The molecule has 2 aromatic carbocycles. The Morgan fingerprint density at radius 2 is 1.69 bits per heavy atom. The molecule has 1 fully saturated rings. The summed E-state index contributed by atoms with van der Waals surface area (Å²) in [6, 6.07) is 8.98. The van der Waals surface area contributed by atoms with E-state index in [0.29, 0.717) is 31.7 Å². The highest BCUT2D eigenvalue weighted by Gasteiger charge is 2.26. The summed E-state index contributed by atoms with van der Waals surface area (Å²) < 4.78 is 32.7. The number of carbonyl (C=O) groups excluding carboxylic acids is 1. The van der Waals surface area contributed by atoms with Crippen molar-refractivity contribution in [1.82, 2.24) is 4.90 Å². The fourth-order valence-electron chi connectivity index (χ4n) is 2.87. The zero-order valence-corrected chi connectivity index (χ0v) is 13.8. The summed E-state index contributed by atoms with van der Waals surface area (Å²) in [7, 11) is 0. The van der Waals surface area contributed by atoms with Gasteiger partial charge >= 0.3 is 5.97 Å². The number of aromatic carboxylic acids is 1. The van der Waals surface area contributed by atoms with Crippen LogP contribution in [0.5, 0.6) is 5.75 Å². The van der Waals surface area contributed by atoms with Crippen LogP contribution in [0.1, 0.15) is 33.6 Å². The fraction of sp³-hybridized carbons (Fsp3) is 0.263. The molecule has 5 nitrogen and oxygen atoms in total. The number of likely N-dealkylation sites (tertiary alicyclic amines) is 1. The van der Waals surface area contributed by atoms with E-state index in [-0.39, 0.29) is 23.0 Å². The predicted octanol–water partition coefficient (Wildman–Crippen LogP) is 3.35. The lowest BCUT2D eigenvalue weighted by Crippen LogP contribution is -2.42. The van der Waals surface area contributed by atoms with Gasteiger partial charge in [0.15, 0.2) is 0 Å². The summed E-state index contributed by atoms with van der Waals surface area (Å²) in [4.78, 5) is 24.8. The second-order valence-corrected chi connectivity index (χ2v) is 6.06. The van der Waals surface area contributed by atoms with Crippen LogP contribution in [0.3, 0.4) is 0 Å². The van der Waals surface area contributed by atoms with Crippen LogP contribution in [0.25, 0.3) is 0 Å². The summed E-state index contributed by atoms with van der Waals surface area (Å²) in [5, 5.41) is 8.86. The first kappa shape index (κ1) is 17.8. The van der Waals surface area contributed by atoms with Gasteiger partial charge in [-0.3, -0.25) is 4.79 Å². The van der Waals surface area contributed by atoms with Crippen LogP contribution in [0.15, 0.2) is 42.5 Å². The van der Waals surface area contributed by atoms with Gasteiger partial charge < -0.3 is 14.7 Å². The van der Waals surface area contributed by atoms with E-state index < -0.39 is 17.7 Å². The molecule has 1 saturated heterocycles. The molecule has 0 saturated carbocycles. The molecule has 1 aliphatic rings. The van der Waals surface area contributed by atoms with Crippen molar-refractivity contribution in [2.75, 3.05) is 13.1 Å². The SMILES string of the molecule is O=C(O)c1ccc(C(=O)N2CCC(Oc3ccc(F)cc3)CC2)c(F)c1. The standard InChI is InChI=1S/C19H17F2NO4/c20-13-2-4-14(5-3-13)26-15-7-9-22(10-8-15)18(23)16-6-1-12(19(24)25)11-17(16)21/h1-6,11,15H,7-10H2,(H,24,25). The molecule has 7 heteroatoms. The first-order valence-corrected chi connectivity index (χ1v) is 8.18. The highest BCUT2D eigenvalue weighted by Crippen LogP contribution is 2.21. The third-order valence-corrected chi connectivity index (χ3v) is 4.29. The van der Waals surface area contributed by atoms with Gasteiger partial charge in [-0.2, -0.15) is 0 Å². The Labute approximate surface area is 148 Å². The summed E-state index contributed by atoms with van der Waals surface area (Å²) >= 11 is 0. The molecule has 0 spiro atoms. The highest BCUT2D eigenvalue weighted by molar-refractivity contribution is 5.96. The largest absolute Gasteiger partial charge is 0.490 e. The van der Waals surface area contributed by atoms with Crippen LogP contribution in [0.4, 0.5) is 8.78 Å². The molecule has 26 heavy (non-hydrogen) atoms. The molecular formula is C19H17F2NO4. The van der Waals surface area contributed by atoms with Crippen LogP contribution in [0, 0.1) is 11.6 Å². The third-order valence-electron chi connectivity index (χ3n) is 4.29. The van der Waals surface area contributed by atoms with Crippen molar-refractivity contribution in [3.63, 3.8) is 0 Å². The average Bonchev–Trinajstić information content (AvgIpc) is 2.63. The molecule has 1 aliphatic heterocycles. The van der Waals surface area contributed by atoms with Gasteiger partial charge in [0.1, 0.15) is 23.5 Å². The van der Waals surface area contributed by atoms with E-state index in [9.17, 15) is 18.4 Å². The zero-order valence-electron chi connectivity index (χ0n) is 13.8. The number of carboxylic acid groups (broad SMARTS) is 1. The monoisotopic (exact) mass is 361 g/mol. The number of ether oxygens (including phenoxy) is 1. The maximum atomic E-state index is 14.0. The number of rotatable bonds is 4. The Morgan fingerprint density at radius 3 is 2.27 bits per heavy atom. The van der Waals surface area contributed by atoms with Gasteiger partial charge in [0.2, 0.25) is 0 Å². The molecule has 3 rings (SSSR count). The molecular weight excluding hydrogens is 344 g/mol. The van der Waals surface area contributed by atoms with E-state index in [0.717, 1.165) is 6.07 Å². The number of nitrogens with zero attached hydrogens (tertiary/aromatic N) is 1. The van der Waals surface area contributed by atoms with Crippen molar-refractivity contribution in [2.24, 2.45) is 0 Å². The average molecular weight is 361 g/mol. The molecule has 136 valence electrons. The Bertz CT molecular complexity index is 815. The molecule has 0 aromatic heterocycles. The quantitative estimate of drug-likeness (QED) is 0.907. The number of piperidine rings is 1. The molecule has 1 heterocycles. The van der Waals surface area contributed by atoms with E-state index in [4.69, 9.17) is 9.84 Å². The van der Waals surface area contributed by atoms with Crippen LogP contribution in [0.2, 0.25) is 0 Å². The van der Waals surface area contributed by atoms with Gasteiger partial charge in [0.25, 0.3) is 5.91 Å². The van der Waals surface area contributed by atoms with E-state index in [1.54, 1.807) is 12.1 Å².